The standard InChI is InChI=1S/C24H16ClFN4O4S2/c1-34-19-12-17(14-5-3-2-4-6-14)21(25)22(26)23(19)30-18-9-8-16(11-15(18)7-10-20(30)31)36(32,33)29-24-28-27-13-35-24/h2-13H,1H3,(H,28,29). The molecular formula is C24H16ClFN4O4S2. The number of benzene rings is 3. The summed E-state index contributed by atoms with van der Waals surface area (Å²) >= 11 is 7.45. The van der Waals surface area contributed by atoms with Crippen LogP contribution in [0.25, 0.3) is 27.7 Å². The van der Waals surface area contributed by atoms with Crippen LogP contribution in [0.3, 0.4) is 0 Å². The van der Waals surface area contributed by atoms with E-state index in [0.29, 0.717) is 16.5 Å². The zero-order valence-electron chi connectivity index (χ0n) is 18.5. The largest absolute Gasteiger partial charge is 0.494 e. The van der Waals surface area contributed by atoms with E-state index in [2.05, 4.69) is 14.9 Å². The molecule has 182 valence electrons. The quantitative estimate of drug-likeness (QED) is 0.320. The van der Waals surface area contributed by atoms with E-state index in [0.717, 1.165) is 15.9 Å². The second kappa shape index (κ2) is 9.34. The number of rotatable bonds is 6. The first-order valence-electron chi connectivity index (χ1n) is 10.4. The number of anilines is 1. The molecule has 5 aromatic rings. The highest BCUT2D eigenvalue weighted by Crippen LogP contribution is 2.39. The number of nitrogens with zero attached hydrogens (tertiary/aromatic N) is 3. The van der Waals surface area contributed by atoms with Crippen molar-refractivity contribution in [3.8, 4) is 22.6 Å². The van der Waals surface area contributed by atoms with Crippen molar-refractivity contribution in [3.05, 3.63) is 93.4 Å². The molecule has 0 amide bonds. The van der Waals surface area contributed by atoms with Crippen LogP contribution in [0.1, 0.15) is 0 Å². The normalized spacial score (nSPS) is 11.5. The lowest BCUT2D eigenvalue weighted by Gasteiger charge is -2.18. The van der Waals surface area contributed by atoms with Crippen LogP contribution >= 0.6 is 22.9 Å². The molecule has 0 spiro atoms. The second-order valence-corrected chi connectivity index (χ2v) is 10.4. The van der Waals surface area contributed by atoms with Crippen LogP contribution in [0, 0.1) is 5.82 Å². The van der Waals surface area contributed by atoms with Gasteiger partial charge in [-0.2, -0.15) is 0 Å². The number of methoxy groups -OCH3 is 1. The summed E-state index contributed by atoms with van der Waals surface area (Å²) in [7, 11) is -2.61. The number of hydrogen-bond donors (Lipinski definition) is 1. The fourth-order valence-electron chi connectivity index (χ4n) is 3.80. The van der Waals surface area contributed by atoms with Gasteiger partial charge in [0.15, 0.2) is 5.82 Å². The second-order valence-electron chi connectivity index (χ2n) is 7.55. The SMILES string of the molecule is COc1cc(-c2ccccc2)c(Cl)c(F)c1-n1c(=O)ccc2cc(S(=O)(=O)Nc3nncs3)ccc21. The van der Waals surface area contributed by atoms with Gasteiger partial charge in [0, 0.05) is 17.0 Å². The van der Waals surface area contributed by atoms with E-state index >= 15 is 4.39 Å². The van der Waals surface area contributed by atoms with Gasteiger partial charge < -0.3 is 4.74 Å². The molecule has 0 atom stereocenters. The number of fused-ring (bicyclic) bond motifs is 1. The maximum Gasteiger partial charge on any atom is 0.263 e. The number of hydrogen-bond acceptors (Lipinski definition) is 7. The summed E-state index contributed by atoms with van der Waals surface area (Å²) in [6, 6.07) is 17.3. The summed E-state index contributed by atoms with van der Waals surface area (Å²) in [5.41, 5.74) is 2.01. The Morgan fingerprint density at radius 3 is 2.56 bits per heavy atom. The first-order chi connectivity index (χ1) is 17.3. The third kappa shape index (κ3) is 4.21. The minimum atomic E-state index is -3.98. The molecule has 0 aliphatic carbocycles. The highest BCUT2D eigenvalue weighted by molar-refractivity contribution is 7.93. The summed E-state index contributed by atoms with van der Waals surface area (Å²) in [5, 5.41) is 7.60. The fraction of sp³-hybridized carbons (Fsp3) is 0.0417. The van der Waals surface area contributed by atoms with Crippen molar-refractivity contribution in [1.29, 1.82) is 0 Å². The predicted octanol–water partition coefficient (Wildman–Crippen LogP) is 5.11. The molecule has 1 N–H and O–H groups in total. The zero-order chi connectivity index (χ0) is 25.4. The van der Waals surface area contributed by atoms with Gasteiger partial charge in [-0.15, -0.1) is 10.2 Å². The highest BCUT2D eigenvalue weighted by atomic mass is 35.5. The average Bonchev–Trinajstić information content (AvgIpc) is 3.38. The molecule has 2 aromatic heterocycles. The van der Waals surface area contributed by atoms with Crippen molar-refractivity contribution in [2.24, 2.45) is 0 Å². The van der Waals surface area contributed by atoms with Gasteiger partial charge in [-0.25, -0.2) is 12.8 Å². The van der Waals surface area contributed by atoms with Crippen LogP contribution in [-0.2, 0) is 10.0 Å². The van der Waals surface area contributed by atoms with Gasteiger partial charge in [0.05, 0.1) is 22.5 Å². The summed E-state index contributed by atoms with van der Waals surface area (Å²) in [4.78, 5) is 12.9. The number of halogens is 2. The summed E-state index contributed by atoms with van der Waals surface area (Å²) < 4.78 is 50.3. The summed E-state index contributed by atoms with van der Waals surface area (Å²) in [6.45, 7) is 0. The third-order valence-corrected chi connectivity index (χ3v) is 7.87. The zero-order valence-corrected chi connectivity index (χ0v) is 20.9. The molecule has 0 aliphatic heterocycles. The highest BCUT2D eigenvalue weighted by Gasteiger charge is 2.23. The number of pyridine rings is 1. The number of sulfonamides is 1. The van der Waals surface area contributed by atoms with Crippen LogP contribution in [0.4, 0.5) is 9.52 Å². The molecule has 0 saturated heterocycles. The lowest BCUT2D eigenvalue weighted by Crippen LogP contribution is -2.20. The Morgan fingerprint density at radius 2 is 1.86 bits per heavy atom. The van der Waals surface area contributed by atoms with E-state index in [4.69, 9.17) is 16.3 Å². The molecular weight excluding hydrogens is 527 g/mol. The van der Waals surface area contributed by atoms with Crippen LogP contribution in [0.2, 0.25) is 5.02 Å². The number of aromatic nitrogens is 3. The van der Waals surface area contributed by atoms with E-state index < -0.39 is 21.4 Å². The molecule has 0 aliphatic rings. The number of nitrogens with one attached hydrogen (secondary N) is 1. The van der Waals surface area contributed by atoms with Crippen molar-refractivity contribution in [3.63, 3.8) is 0 Å². The summed E-state index contributed by atoms with van der Waals surface area (Å²) in [6.07, 6.45) is 0. The smallest absolute Gasteiger partial charge is 0.263 e. The molecule has 3 aromatic carbocycles. The van der Waals surface area contributed by atoms with Gasteiger partial charge >= 0.3 is 0 Å². The Labute approximate surface area is 213 Å². The van der Waals surface area contributed by atoms with Crippen LogP contribution in [0.15, 0.2) is 81.9 Å². The molecule has 0 bridgehead atoms. The topological polar surface area (TPSA) is 103 Å². The first kappa shape index (κ1) is 23.9. The van der Waals surface area contributed by atoms with Gasteiger partial charge in [0.2, 0.25) is 5.13 Å². The molecule has 0 unspecified atom stereocenters. The predicted molar refractivity (Wildman–Crippen MR) is 137 cm³/mol. The summed E-state index contributed by atoms with van der Waals surface area (Å²) in [5.74, 6) is -0.765. The van der Waals surface area contributed by atoms with Gasteiger partial charge in [-0.05, 0) is 35.9 Å². The van der Waals surface area contributed by atoms with E-state index in [1.54, 1.807) is 30.3 Å². The van der Waals surface area contributed by atoms with Crippen molar-refractivity contribution in [2.45, 2.75) is 4.90 Å². The maximum absolute atomic E-state index is 15.8. The van der Waals surface area contributed by atoms with E-state index in [1.165, 1.54) is 43.0 Å². The van der Waals surface area contributed by atoms with E-state index in [1.807, 2.05) is 6.07 Å². The minimum absolute atomic E-state index is 0.0692. The molecule has 36 heavy (non-hydrogen) atoms. The van der Waals surface area contributed by atoms with Crippen molar-refractivity contribution >= 4 is 49.0 Å². The average molecular weight is 543 g/mol. The van der Waals surface area contributed by atoms with Gasteiger partial charge in [0.25, 0.3) is 15.6 Å². The van der Waals surface area contributed by atoms with Crippen LogP contribution in [-0.4, -0.2) is 30.3 Å². The lowest BCUT2D eigenvalue weighted by atomic mass is 10.0. The van der Waals surface area contributed by atoms with E-state index in [-0.39, 0.29) is 32.0 Å². The molecule has 5 rings (SSSR count). The Balaban J connectivity index is 1.69. The Kier molecular flexibility index (Phi) is 6.20. The van der Waals surface area contributed by atoms with Crippen LogP contribution in [0.5, 0.6) is 5.75 Å². The van der Waals surface area contributed by atoms with Crippen molar-refractivity contribution in [1.82, 2.24) is 14.8 Å². The fourth-order valence-corrected chi connectivity index (χ4v) is 5.78. The molecule has 8 nitrogen and oxygen atoms in total. The Bertz CT molecular complexity index is 1760. The molecule has 12 heteroatoms. The molecule has 2 heterocycles. The number of ether oxygens (including phenoxy) is 1. The van der Waals surface area contributed by atoms with Gasteiger partial charge in [0.1, 0.15) is 16.9 Å². The Morgan fingerprint density at radius 1 is 1.08 bits per heavy atom. The third-order valence-electron chi connectivity index (χ3n) is 5.43. The minimum Gasteiger partial charge on any atom is -0.494 e. The maximum atomic E-state index is 15.8. The first-order valence-corrected chi connectivity index (χ1v) is 13.1. The van der Waals surface area contributed by atoms with E-state index in [9.17, 15) is 13.2 Å². The molecule has 0 radical (unpaired) electrons. The lowest BCUT2D eigenvalue weighted by molar-refractivity contribution is 0.409. The van der Waals surface area contributed by atoms with Crippen molar-refractivity contribution < 1.29 is 17.5 Å². The Hall–Kier alpha value is -3.80. The monoisotopic (exact) mass is 542 g/mol. The molecule has 0 saturated carbocycles. The van der Waals surface area contributed by atoms with Gasteiger partial charge in [-0.1, -0.05) is 53.3 Å². The van der Waals surface area contributed by atoms with Crippen molar-refractivity contribution in [2.75, 3.05) is 11.8 Å². The molecule has 0 fully saturated rings. The van der Waals surface area contributed by atoms with Gasteiger partial charge in [-0.3, -0.25) is 14.1 Å². The van der Waals surface area contributed by atoms with Crippen LogP contribution < -0.4 is 15.0 Å².